The molecule has 96 valence electrons. The Morgan fingerprint density at radius 3 is 2.83 bits per heavy atom. The Kier molecular flexibility index (Phi) is 4.24. The van der Waals surface area contributed by atoms with Crippen LogP contribution in [0.25, 0.3) is 10.7 Å². The molecule has 3 N–H and O–H groups in total. The second-order valence-corrected chi connectivity index (χ2v) is 4.93. The van der Waals surface area contributed by atoms with Crippen molar-refractivity contribution in [3.63, 3.8) is 0 Å². The van der Waals surface area contributed by atoms with E-state index in [9.17, 15) is 0 Å². The van der Waals surface area contributed by atoms with E-state index in [1.807, 2.05) is 6.07 Å². The molecule has 0 aliphatic rings. The summed E-state index contributed by atoms with van der Waals surface area (Å²) in [4.78, 5) is 11.2. The zero-order valence-corrected chi connectivity index (χ0v) is 11.3. The van der Waals surface area contributed by atoms with E-state index in [-0.39, 0.29) is 0 Å². The molecular formula is C12H16N4OS. The van der Waals surface area contributed by atoms with Crippen LogP contribution < -0.4 is 11.3 Å². The normalized spacial score (nSPS) is 10.6. The number of rotatable bonds is 5. The van der Waals surface area contributed by atoms with Crippen LogP contribution in [0.2, 0.25) is 0 Å². The van der Waals surface area contributed by atoms with Gasteiger partial charge in [0.2, 0.25) is 0 Å². The molecule has 0 aliphatic carbocycles. The van der Waals surface area contributed by atoms with Crippen LogP contribution in [0.5, 0.6) is 0 Å². The highest BCUT2D eigenvalue weighted by Crippen LogP contribution is 2.26. The molecule has 0 saturated carbocycles. The molecule has 6 heteroatoms. The van der Waals surface area contributed by atoms with Crippen molar-refractivity contribution in [2.45, 2.75) is 20.0 Å². The summed E-state index contributed by atoms with van der Waals surface area (Å²) in [7, 11) is 1.64. The average Bonchev–Trinajstić information content (AvgIpc) is 2.87. The van der Waals surface area contributed by atoms with Crippen LogP contribution in [0.3, 0.4) is 0 Å². The van der Waals surface area contributed by atoms with Crippen LogP contribution in [0.1, 0.15) is 17.5 Å². The van der Waals surface area contributed by atoms with Crippen molar-refractivity contribution in [3.05, 3.63) is 28.8 Å². The number of nitrogens with two attached hydrogens (primary N) is 1. The fraction of sp³-hybridized carbons (Fsp3) is 0.333. The standard InChI is InChI=1S/C12H16N4OS/c1-3-9-4-5-10(18-9)12-14-8(7-17-2)6-11(15-12)16-13/h4-6H,3,7,13H2,1-2H3,(H,14,15,16). The van der Waals surface area contributed by atoms with E-state index in [2.05, 4.69) is 28.4 Å². The van der Waals surface area contributed by atoms with Gasteiger partial charge in [0.15, 0.2) is 5.82 Å². The predicted molar refractivity (Wildman–Crippen MR) is 73.2 cm³/mol. The smallest absolute Gasteiger partial charge is 0.172 e. The van der Waals surface area contributed by atoms with Crippen molar-refractivity contribution >= 4 is 17.2 Å². The predicted octanol–water partition coefficient (Wildman–Crippen LogP) is 2.20. The third kappa shape index (κ3) is 2.84. The lowest BCUT2D eigenvalue weighted by Crippen LogP contribution is -2.10. The van der Waals surface area contributed by atoms with Crippen molar-refractivity contribution in [3.8, 4) is 10.7 Å². The highest BCUT2D eigenvalue weighted by atomic mass is 32.1. The van der Waals surface area contributed by atoms with E-state index in [0.29, 0.717) is 18.2 Å². The molecule has 2 heterocycles. The lowest BCUT2D eigenvalue weighted by molar-refractivity contribution is 0.181. The third-order valence-electron chi connectivity index (χ3n) is 2.45. The lowest BCUT2D eigenvalue weighted by Gasteiger charge is -2.05. The molecule has 0 unspecified atom stereocenters. The van der Waals surface area contributed by atoms with Crippen molar-refractivity contribution in [1.82, 2.24) is 9.97 Å². The Bertz CT molecular complexity index is 527. The van der Waals surface area contributed by atoms with Crippen molar-refractivity contribution < 1.29 is 4.74 Å². The molecule has 2 aromatic rings. The van der Waals surface area contributed by atoms with Gasteiger partial charge in [0.1, 0.15) is 5.82 Å². The maximum absolute atomic E-state index is 5.42. The largest absolute Gasteiger partial charge is 0.378 e. The number of hydrogen-bond acceptors (Lipinski definition) is 6. The van der Waals surface area contributed by atoms with Gasteiger partial charge in [0.25, 0.3) is 0 Å². The summed E-state index contributed by atoms with van der Waals surface area (Å²) < 4.78 is 5.09. The summed E-state index contributed by atoms with van der Waals surface area (Å²) in [5, 5.41) is 0. The van der Waals surface area contributed by atoms with E-state index in [4.69, 9.17) is 10.6 Å². The molecule has 5 nitrogen and oxygen atoms in total. The minimum atomic E-state index is 0.441. The average molecular weight is 264 g/mol. The molecule has 18 heavy (non-hydrogen) atoms. The third-order valence-corrected chi connectivity index (χ3v) is 3.68. The number of nitrogens with zero attached hydrogens (tertiary/aromatic N) is 2. The van der Waals surface area contributed by atoms with Gasteiger partial charge in [-0.15, -0.1) is 11.3 Å². The number of aryl methyl sites for hydroxylation is 1. The summed E-state index contributed by atoms with van der Waals surface area (Å²) >= 11 is 1.70. The quantitative estimate of drug-likeness (QED) is 0.640. The van der Waals surface area contributed by atoms with Gasteiger partial charge in [-0.05, 0) is 18.6 Å². The molecule has 0 spiro atoms. The van der Waals surface area contributed by atoms with Gasteiger partial charge >= 0.3 is 0 Å². The van der Waals surface area contributed by atoms with Crippen molar-refractivity contribution in [2.75, 3.05) is 12.5 Å². The highest BCUT2D eigenvalue weighted by molar-refractivity contribution is 7.15. The first-order chi connectivity index (χ1) is 8.76. The monoisotopic (exact) mass is 264 g/mol. The number of nitrogens with one attached hydrogen (secondary N) is 1. The minimum Gasteiger partial charge on any atom is -0.378 e. The summed E-state index contributed by atoms with van der Waals surface area (Å²) in [6.07, 6.45) is 1.02. The fourth-order valence-electron chi connectivity index (χ4n) is 1.59. The zero-order chi connectivity index (χ0) is 13.0. The number of hydrazine groups is 1. The van der Waals surface area contributed by atoms with Crippen LogP contribution in [0.15, 0.2) is 18.2 Å². The number of aromatic nitrogens is 2. The highest BCUT2D eigenvalue weighted by Gasteiger charge is 2.08. The van der Waals surface area contributed by atoms with E-state index >= 15 is 0 Å². The van der Waals surface area contributed by atoms with Gasteiger partial charge in [-0.25, -0.2) is 15.8 Å². The van der Waals surface area contributed by atoms with Crippen LogP contribution in [-0.2, 0) is 17.8 Å². The van der Waals surface area contributed by atoms with Crippen LogP contribution in [-0.4, -0.2) is 17.1 Å². The topological polar surface area (TPSA) is 73.1 Å². The minimum absolute atomic E-state index is 0.441. The second-order valence-electron chi connectivity index (χ2n) is 3.76. The molecule has 2 rings (SSSR count). The van der Waals surface area contributed by atoms with E-state index < -0.39 is 0 Å². The van der Waals surface area contributed by atoms with Crippen LogP contribution in [0.4, 0.5) is 5.82 Å². The summed E-state index contributed by atoms with van der Waals surface area (Å²) in [5.41, 5.74) is 3.36. The Morgan fingerprint density at radius 2 is 2.22 bits per heavy atom. The molecule has 0 saturated heterocycles. The number of methoxy groups -OCH3 is 1. The van der Waals surface area contributed by atoms with Gasteiger partial charge in [-0.2, -0.15) is 0 Å². The van der Waals surface area contributed by atoms with Crippen molar-refractivity contribution in [2.24, 2.45) is 5.84 Å². The van der Waals surface area contributed by atoms with Crippen LogP contribution >= 0.6 is 11.3 Å². The summed E-state index contributed by atoms with van der Waals surface area (Å²) in [6.45, 7) is 2.57. The van der Waals surface area contributed by atoms with Gasteiger partial charge in [0.05, 0.1) is 17.2 Å². The lowest BCUT2D eigenvalue weighted by atomic mass is 10.3. The van der Waals surface area contributed by atoms with Gasteiger partial charge < -0.3 is 10.2 Å². The first-order valence-corrected chi connectivity index (χ1v) is 6.51. The number of nitrogen functional groups attached to an aromatic ring is 1. The fourth-order valence-corrected chi connectivity index (χ4v) is 2.47. The number of hydrogen-bond donors (Lipinski definition) is 2. The Labute approximate surface area is 110 Å². The molecule has 0 amide bonds. The van der Waals surface area contributed by atoms with Crippen molar-refractivity contribution in [1.29, 1.82) is 0 Å². The first kappa shape index (κ1) is 12.9. The Morgan fingerprint density at radius 1 is 1.39 bits per heavy atom. The van der Waals surface area contributed by atoms with Gasteiger partial charge in [-0.3, -0.25) is 0 Å². The molecule has 0 fully saturated rings. The van der Waals surface area contributed by atoms with Gasteiger partial charge in [0, 0.05) is 18.1 Å². The molecule has 0 aromatic carbocycles. The molecule has 2 aromatic heterocycles. The van der Waals surface area contributed by atoms with Crippen LogP contribution in [0, 0.1) is 0 Å². The molecule has 0 bridgehead atoms. The molecule has 0 aliphatic heterocycles. The van der Waals surface area contributed by atoms with Gasteiger partial charge in [-0.1, -0.05) is 6.92 Å². The van der Waals surface area contributed by atoms with E-state index in [1.54, 1.807) is 24.5 Å². The van der Waals surface area contributed by atoms with E-state index in [1.165, 1.54) is 4.88 Å². The number of ether oxygens (including phenoxy) is 1. The Balaban J connectivity index is 2.39. The molecule has 0 radical (unpaired) electrons. The van der Waals surface area contributed by atoms with E-state index in [0.717, 1.165) is 17.0 Å². The molecular weight excluding hydrogens is 248 g/mol. The number of anilines is 1. The maximum Gasteiger partial charge on any atom is 0.172 e. The zero-order valence-electron chi connectivity index (χ0n) is 10.4. The summed E-state index contributed by atoms with van der Waals surface area (Å²) in [5.74, 6) is 6.69. The second kappa shape index (κ2) is 5.90. The first-order valence-electron chi connectivity index (χ1n) is 5.69. The summed E-state index contributed by atoms with van der Waals surface area (Å²) in [6, 6.07) is 5.92. The number of thiophene rings is 1. The Hall–Kier alpha value is -1.50. The maximum atomic E-state index is 5.42. The molecule has 0 atom stereocenters. The SMILES string of the molecule is CCc1ccc(-c2nc(COC)cc(NN)n2)s1.